The first kappa shape index (κ1) is 25.3. The van der Waals surface area contributed by atoms with Crippen molar-refractivity contribution in [1.29, 1.82) is 0 Å². The summed E-state index contributed by atoms with van der Waals surface area (Å²) in [6.45, 7) is 1.22. The van der Waals surface area contributed by atoms with Gasteiger partial charge in [-0.25, -0.2) is 5.48 Å². The average molecular weight is 426 g/mol. The van der Waals surface area contributed by atoms with Crippen molar-refractivity contribution < 1.29 is 24.7 Å². The fourth-order valence-corrected chi connectivity index (χ4v) is 2.40. The maximum atomic E-state index is 12.2. The minimum atomic E-state index is -1.29. The number of carbonyl (C=O) groups excluding carboxylic acids is 3. The Kier molecular flexibility index (Phi) is 9.88. The molecule has 3 amide bonds. The molecule has 9 nitrogen and oxygen atoms in total. The molecule has 0 aliphatic heterocycles. The molecule has 2 atom stereocenters. The summed E-state index contributed by atoms with van der Waals surface area (Å²) in [5, 5.41) is 23.2. The molecule has 0 aromatic heterocycles. The van der Waals surface area contributed by atoms with Crippen molar-refractivity contribution >= 4 is 23.4 Å². The van der Waals surface area contributed by atoms with E-state index in [4.69, 9.17) is 10.9 Å². The summed E-state index contributed by atoms with van der Waals surface area (Å²) >= 11 is 0. The van der Waals surface area contributed by atoms with E-state index < -0.39 is 24.0 Å². The highest BCUT2D eigenvalue weighted by atomic mass is 16.5. The predicted octanol–water partition coefficient (Wildman–Crippen LogP) is 0.604. The summed E-state index contributed by atoms with van der Waals surface area (Å²) < 4.78 is 0. The first-order valence-corrected chi connectivity index (χ1v) is 8.99. The van der Waals surface area contributed by atoms with Crippen LogP contribution in [0.15, 0.2) is 48.5 Å². The Balaban J connectivity index is 0.00000480. The van der Waals surface area contributed by atoms with Gasteiger partial charge in [0.05, 0.1) is 12.6 Å². The average Bonchev–Trinajstić information content (AvgIpc) is 2.76. The van der Waals surface area contributed by atoms with E-state index in [2.05, 4.69) is 22.5 Å². The third-order valence-electron chi connectivity index (χ3n) is 4.01. The minimum absolute atomic E-state index is 0. The lowest BCUT2D eigenvalue weighted by atomic mass is 10.1. The van der Waals surface area contributed by atoms with E-state index in [0.29, 0.717) is 11.3 Å². The topological polar surface area (TPSA) is 154 Å². The summed E-state index contributed by atoms with van der Waals surface area (Å²) in [6, 6.07) is 12.0. The Morgan fingerprint density at radius 1 is 1.00 bits per heavy atom. The van der Waals surface area contributed by atoms with Crippen LogP contribution in [0.2, 0.25) is 0 Å². The van der Waals surface area contributed by atoms with Gasteiger partial charge >= 0.3 is 0 Å². The number of anilines is 1. The van der Waals surface area contributed by atoms with Gasteiger partial charge in [0.25, 0.3) is 11.8 Å². The molecule has 0 spiro atoms. The largest absolute Gasteiger partial charge is 0.391 e. The normalized spacial score (nSPS) is 11.6. The van der Waals surface area contributed by atoms with Crippen LogP contribution < -0.4 is 21.8 Å². The maximum absolute atomic E-state index is 12.2. The molecule has 2 rings (SSSR count). The molecule has 0 fully saturated rings. The Labute approximate surface area is 180 Å². The number of rotatable bonds is 6. The van der Waals surface area contributed by atoms with Gasteiger partial charge in [0.2, 0.25) is 5.91 Å². The van der Waals surface area contributed by atoms with Crippen LogP contribution in [0.4, 0.5) is 5.69 Å². The highest BCUT2D eigenvalue weighted by Crippen LogP contribution is 2.09. The smallest absolute Gasteiger partial charge is 0.268 e. The molecule has 2 aromatic carbocycles. The van der Waals surface area contributed by atoms with Crippen molar-refractivity contribution in [3.8, 4) is 11.8 Å². The van der Waals surface area contributed by atoms with Crippen molar-refractivity contribution in [2.24, 2.45) is 5.73 Å². The van der Waals surface area contributed by atoms with E-state index in [-0.39, 0.29) is 25.4 Å². The van der Waals surface area contributed by atoms with Crippen molar-refractivity contribution in [2.75, 3.05) is 11.9 Å². The van der Waals surface area contributed by atoms with Gasteiger partial charge in [-0.3, -0.25) is 19.6 Å². The number of hydroxylamine groups is 1. The van der Waals surface area contributed by atoms with Crippen molar-refractivity contribution in [2.45, 2.75) is 26.5 Å². The van der Waals surface area contributed by atoms with Gasteiger partial charge in [-0.1, -0.05) is 19.3 Å². The summed E-state index contributed by atoms with van der Waals surface area (Å²) in [5.41, 5.74) is 8.93. The number of amides is 3. The molecule has 0 aliphatic rings. The molecule has 0 bridgehead atoms. The number of aliphatic hydroxyl groups excluding tert-OH is 1. The first-order valence-electron chi connectivity index (χ1n) is 8.99. The standard InChI is InChI=1S/C21H22N4O5.CH4/c1-13(26)19(21(29)25-30)24-20(28)16-8-4-14(5-9-16)2-3-15-6-10-17(11-7-15)23-18(27)12-22;/h4-11,13,19,26,30H,12,22H2,1H3,(H,23,27)(H,24,28)(H,25,29);1H4/t13-,19+;/m1./s1. The number of hydrogen-bond donors (Lipinski definition) is 6. The summed E-state index contributed by atoms with van der Waals surface area (Å²) in [7, 11) is 0. The van der Waals surface area contributed by atoms with Crippen molar-refractivity contribution in [1.82, 2.24) is 10.8 Å². The van der Waals surface area contributed by atoms with Crippen LogP contribution >= 0.6 is 0 Å². The molecule has 7 N–H and O–H groups in total. The highest BCUT2D eigenvalue weighted by Gasteiger charge is 2.25. The zero-order valence-electron chi connectivity index (χ0n) is 16.2. The van der Waals surface area contributed by atoms with E-state index >= 15 is 0 Å². The lowest BCUT2D eigenvalue weighted by Gasteiger charge is -2.19. The first-order chi connectivity index (χ1) is 14.3. The summed E-state index contributed by atoms with van der Waals surface area (Å²) in [4.78, 5) is 35.0. The number of aliphatic hydroxyl groups is 1. The van der Waals surface area contributed by atoms with E-state index in [9.17, 15) is 19.5 Å². The second kappa shape index (κ2) is 12.1. The van der Waals surface area contributed by atoms with Crippen LogP contribution in [0.1, 0.15) is 35.8 Å². The fourth-order valence-electron chi connectivity index (χ4n) is 2.40. The number of nitrogens with one attached hydrogen (secondary N) is 3. The second-order valence-corrected chi connectivity index (χ2v) is 6.32. The Hall–Kier alpha value is -3.71. The van der Waals surface area contributed by atoms with Gasteiger partial charge in [0.15, 0.2) is 0 Å². The molecule has 0 saturated carbocycles. The molecule has 164 valence electrons. The molecule has 0 aliphatic carbocycles. The van der Waals surface area contributed by atoms with Crippen molar-refractivity contribution in [3.63, 3.8) is 0 Å². The van der Waals surface area contributed by atoms with E-state index in [1.54, 1.807) is 36.4 Å². The fraction of sp³-hybridized carbons (Fsp3) is 0.227. The van der Waals surface area contributed by atoms with Gasteiger partial charge in [-0.15, -0.1) is 0 Å². The lowest BCUT2D eigenvalue weighted by Crippen LogP contribution is -2.51. The Morgan fingerprint density at radius 2 is 1.52 bits per heavy atom. The molecule has 0 saturated heterocycles. The van der Waals surface area contributed by atoms with Crippen LogP contribution in [0.25, 0.3) is 0 Å². The van der Waals surface area contributed by atoms with Crippen LogP contribution in [0.5, 0.6) is 0 Å². The van der Waals surface area contributed by atoms with Gasteiger partial charge in [-0.2, -0.15) is 0 Å². The predicted molar refractivity (Wildman–Crippen MR) is 116 cm³/mol. The monoisotopic (exact) mass is 426 g/mol. The molecule has 0 radical (unpaired) electrons. The molecule has 9 heteroatoms. The summed E-state index contributed by atoms with van der Waals surface area (Å²) in [5.74, 6) is 4.14. The minimum Gasteiger partial charge on any atom is -0.391 e. The molecular weight excluding hydrogens is 400 g/mol. The van der Waals surface area contributed by atoms with E-state index in [0.717, 1.165) is 5.56 Å². The van der Waals surface area contributed by atoms with Crippen LogP contribution in [-0.4, -0.2) is 46.7 Å². The SMILES string of the molecule is C.C[C@@H](O)[C@H](NC(=O)c1ccc(C#Cc2ccc(NC(=O)CN)cc2)cc1)C(=O)NO. The van der Waals surface area contributed by atoms with E-state index in [1.807, 2.05) is 0 Å². The number of carbonyl (C=O) groups is 3. The molecule has 2 aromatic rings. The lowest BCUT2D eigenvalue weighted by molar-refractivity contribution is -0.133. The molecule has 31 heavy (non-hydrogen) atoms. The van der Waals surface area contributed by atoms with Gasteiger partial charge in [-0.05, 0) is 55.5 Å². The zero-order valence-corrected chi connectivity index (χ0v) is 16.2. The summed E-state index contributed by atoms with van der Waals surface area (Å²) in [6.07, 6.45) is -1.19. The second-order valence-electron chi connectivity index (χ2n) is 6.32. The number of benzene rings is 2. The maximum Gasteiger partial charge on any atom is 0.268 e. The number of nitrogens with two attached hydrogens (primary N) is 1. The third-order valence-corrected chi connectivity index (χ3v) is 4.01. The Morgan fingerprint density at radius 3 is 1.97 bits per heavy atom. The quantitative estimate of drug-likeness (QED) is 0.226. The van der Waals surface area contributed by atoms with Crippen LogP contribution in [0.3, 0.4) is 0 Å². The zero-order chi connectivity index (χ0) is 22.1. The van der Waals surface area contributed by atoms with Crippen LogP contribution in [-0.2, 0) is 9.59 Å². The highest BCUT2D eigenvalue weighted by molar-refractivity contribution is 5.97. The molecule has 0 unspecified atom stereocenters. The molecular formula is C22H26N4O5. The third kappa shape index (κ3) is 7.56. The van der Waals surface area contributed by atoms with E-state index in [1.165, 1.54) is 24.5 Å². The number of hydrogen-bond acceptors (Lipinski definition) is 6. The van der Waals surface area contributed by atoms with Gasteiger partial charge < -0.3 is 21.5 Å². The van der Waals surface area contributed by atoms with Crippen molar-refractivity contribution in [3.05, 3.63) is 65.2 Å². The molecule has 0 heterocycles. The Bertz CT molecular complexity index is 960. The van der Waals surface area contributed by atoms with Gasteiger partial charge in [0, 0.05) is 22.4 Å². The van der Waals surface area contributed by atoms with Crippen LogP contribution in [0, 0.1) is 11.8 Å². The van der Waals surface area contributed by atoms with Gasteiger partial charge in [0.1, 0.15) is 6.04 Å².